The lowest BCUT2D eigenvalue weighted by Crippen LogP contribution is -2.25. The van der Waals surface area contributed by atoms with Crippen LogP contribution in [0.3, 0.4) is 0 Å². The summed E-state index contributed by atoms with van der Waals surface area (Å²) in [6, 6.07) is 15.1. The second kappa shape index (κ2) is 8.15. The van der Waals surface area contributed by atoms with Gasteiger partial charge in [-0.05, 0) is 29.8 Å². The topological polar surface area (TPSA) is 87.7 Å². The molecule has 0 saturated carbocycles. The highest BCUT2D eigenvalue weighted by atomic mass is 19.1. The third kappa shape index (κ3) is 4.60. The van der Waals surface area contributed by atoms with E-state index in [1.165, 1.54) is 24.3 Å². The van der Waals surface area contributed by atoms with Crippen LogP contribution in [0.1, 0.15) is 17.7 Å². The number of nitrogens with zero attached hydrogens (tertiary/aromatic N) is 2. The van der Waals surface area contributed by atoms with Gasteiger partial charge in [-0.3, -0.25) is 9.59 Å². The van der Waals surface area contributed by atoms with Crippen molar-refractivity contribution in [3.05, 3.63) is 82.0 Å². The van der Waals surface area contributed by atoms with Crippen LogP contribution in [0.4, 0.5) is 4.39 Å². The Morgan fingerprint density at radius 3 is 2.46 bits per heavy atom. The zero-order chi connectivity index (χ0) is 18.4. The van der Waals surface area contributed by atoms with E-state index in [1.807, 2.05) is 30.3 Å². The number of hydrogen-bond donors (Lipinski definition) is 2. The van der Waals surface area contributed by atoms with E-state index in [-0.39, 0.29) is 36.1 Å². The first kappa shape index (κ1) is 17.5. The molecule has 0 atom stereocenters. The van der Waals surface area contributed by atoms with Gasteiger partial charge in [-0.15, -0.1) is 10.2 Å². The first-order chi connectivity index (χ1) is 12.6. The molecule has 2 aromatic carbocycles. The summed E-state index contributed by atoms with van der Waals surface area (Å²) in [5, 5.41) is 10.6. The molecule has 0 aliphatic carbocycles. The molecule has 132 valence electrons. The highest BCUT2D eigenvalue weighted by Gasteiger charge is 2.09. The lowest BCUT2D eigenvalue weighted by atomic mass is 10.2. The molecule has 1 heterocycles. The van der Waals surface area contributed by atoms with Crippen LogP contribution in [-0.2, 0) is 17.8 Å². The van der Waals surface area contributed by atoms with Gasteiger partial charge in [0, 0.05) is 24.9 Å². The predicted octanol–water partition coefficient (Wildman–Crippen LogP) is 2.22. The minimum atomic E-state index is -0.407. The van der Waals surface area contributed by atoms with Crippen LogP contribution in [0.15, 0.2) is 59.4 Å². The Hall–Kier alpha value is -3.35. The van der Waals surface area contributed by atoms with Crippen LogP contribution in [0, 0.1) is 5.82 Å². The lowest BCUT2D eigenvalue weighted by molar-refractivity contribution is -0.121. The summed E-state index contributed by atoms with van der Waals surface area (Å²) in [7, 11) is 0. The van der Waals surface area contributed by atoms with Crippen molar-refractivity contribution < 1.29 is 9.18 Å². The summed E-state index contributed by atoms with van der Waals surface area (Å²) >= 11 is 0. The molecule has 1 amide bonds. The highest BCUT2D eigenvalue weighted by molar-refractivity contribution is 5.76. The van der Waals surface area contributed by atoms with Crippen LogP contribution >= 0.6 is 0 Å². The van der Waals surface area contributed by atoms with E-state index in [4.69, 9.17) is 0 Å². The van der Waals surface area contributed by atoms with Gasteiger partial charge in [0.05, 0.1) is 0 Å². The Labute approximate surface area is 149 Å². The van der Waals surface area contributed by atoms with E-state index in [0.717, 1.165) is 5.56 Å². The number of aryl methyl sites for hydroxylation is 1. The molecule has 1 aromatic heterocycles. The molecule has 3 aromatic rings. The molecule has 2 N–H and O–H groups in total. The SMILES string of the molecule is O=C(CCc1nnc(-c2ccc(F)cc2)[nH]c1=O)NCc1ccccc1. The number of rotatable bonds is 6. The normalized spacial score (nSPS) is 10.5. The minimum Gasteiger partial charge on any atom is -0.352 e. The van der Waals surface area contributed by atoms with E-state index in [9.17, 15) is 14.0 Å². The highest BCUT2D eigenvalue weighted by Crippen LogP contribution is 2.13. The van der Waals surface area contributed by atoms with Gasteiger partial charge in [0.25, 0.3) is 5.56 Å². The van der Waals surface area contributed by atoms with E-state index in [0.29, 0.717) is 12.1 Å². The van der Waals surface area contributed by atoms with Gasteiger partial charge < -0.3 is 10.3 Å². The number of carbonyl (C=O) groups excluding carboxylic acids is 1. The average Bonchev–Trinajstić information content (AvgIpc) is 2.67. The van der Waals surface area contributed by atoms with Crippen molar-refractivity contribution in [3.8, 4) is 11.4 Å². The van der Waals surface area contributed by atoms with E-state index >= 15 is 0 Å². The number of carbonyl (C=O) groups is 1. The lowest BCUT2D eigenvalue weighted by Gasteiger charge is -2.05. The van der Waals surface area contributed by atoms with Gasteiger partial charge in [0.15, 0.2) is 5.82 Å². The quantitative estimate of drug-likeness (QED) is 0.712. The zero-order valence-electron chi connectivity index (χ0n) is 13.9. The van der Waals surface area contributed by atoms with Crippen LogP contribution in [0.25, 0.3) is 11.4 Å². The smallest absolute Gasteiger partial charge is 0.273 e. The van der Waals surface area contributed by atoms with Crippen molar-refractivity contribution >= 4 is 5.91 Å². The maximum atomic E-state index is 12.9. The maximum absolute atomic E-state index is 12.9. The van der Waals surface area contributed by atoms with Crippen LogP contribution < -0.4 is 10.9 Å². The molecule has 0 radical (unpaired) electrons. The molecule has 0 spiro atoms. The maximum Gasteiger partial charge on any atom is 0.273 e. The molecule has 0 unspecified atom stereocenters. The third-order valence-electron chi connectivity index (χ3n) is 3.80. The van der Waals surface area contributed by atoms with Crippen molar-refractivity contribution in [3.63, 3.8) is 0 Å². The Bertz CT molecular complexity index is 940. The number of halogens is 1. The van der Waals surface area contributed by atoms with E-state index in [2.05, 4.69) is 20.5 Å². The number of aromatic nitrogens is 3. The number of H-pyrrole nitrogens is 1. The van der Waals surface area contributed by atoms with Crippen molar-refractivity contribution in [2.75, 3.05) is 0 Å². The standard InChI is InChI=1S/C19H17FN4O2/c20-15-8-6-14(7-9-15)18-22-19(26)16(23-24-18)10-11-17(25)21-12-13-4-2-1-3-5-13/h1-9H,10-12H2,(H,21,25)(H,22,24,26). The van der Waals surface area contributed by atoms with E-state index < -0.39 is 5.56 Å². The summed E-state index contributed by atoms with van der Waals surface area (Å²) in [6.45, 7) is 0.436. The first-order valence-corrected chi connectivity index (χ1v) is 8.14. The van der Waals surface area contributed by atoms with Crippen molar-refractivity contribution in [1.29, 1.82) is 0 Å². The Morgan fingerprint density at radius 2 is 1.77 bits per heavy atom. The van der Waals surface area contributed by atoms with Crippen molar-refractivity contribution in [1.82, 2.24) is 20.5 Å². The number of benzene rings is 2. The van der Waals surface area contributed by atoms with E-state index in [1.54, 1.807) is 0 Å². The van der Waals surface area contributed by atoms with Crippen molar-refractivity contribution in [2.24, 2.45) is 0 Å². The molecule has 0 aliphatic heterocycles. The summed E-state index contributed by atoms with van der Waals surface area (Å²) < 4.78 is 12.9. The summed E-state index contributed by atoms with van der Waals surface area (Å²) in [5.41, 5.74) is 1.34. The molecular formula is C19H17FN4O2. The number of amides is 1. The van der Waals surface area contributed by atoms with Gasteiger partial charge in [-0.1, -0.05) is 30.3 Å². The van der Waals surface area contributed by atoms with Crippen LogP contribution in [-0.4, -0.2) is 21.1 Å². The summed E-state index contributed by atoms with van der Waals surface area (Å²) in [6.07, 6.45) is 0.327. The second-order valence-corrected chi connectivity index (χ2v) is 5.72. The minimum absolute atomic E-state index is 0.139. The predicted molar refractivity (Wildman–Crippen MR) is 94.7 cm³/mol. The summed E-state index contributed by atoms with van der Waals surface area (Å²) in [5.74, 6) is -0.285. The fraction of sp³-hybridized carbons (Fsp3) is 0.158. The monoisotopic (exact) mass is 352 g/mol. The number of aromatic amines is 1. The molecule has 0 aliphatic rings. The van der Waals surface area contributed by atoms with Crippen LogP contribution in [0.5, 0.6) is 0 Å². The Kier molecular flexibility index (Phi) is 5.48. The van der Waals surface area contributed by atoms with Gasteiger partial charge in [-0.25, -0.2) is 4.39 Å². The van der Waals surface area contributed by atoms with Gasteiger partial charge >= 0.3 is 0 Å². The number of hydrogen-bond acceptors (Lipinski definition) is 4. The Balaban J connectivity index is 1.57. The molecular weight excluding hydrogens is 335 g/mol. The van der Waals surface area contributed by atoms with Gasteiger partial charge in [0.2, 0.25) is 5.91 Å². The second-order valence-electron chi connectivity index (χ2n) is 5.72. The summed E-state index contributed by atoms with van der Waals surface area (Å²) in [4.78, 5) is 26.6. The first-order valence-electron chi connectivity index (χ1n) is 8.14. The molecule has 26 heavy (non-hydrogen) atoms. The van der Waals surface area contributed by atoms with Crippen LogP contribution in [0.2, 0.25) is 0 Å². The molecule has 0 bridgehead atoms. The van der Waals surface area contributed by atoms with Gasteiger partial charge in [-0.2, -0.15) is 0 Å². The number of nitrogens with one attached hydrogen (secondary N) is 2. The fourth-order valence-electron chi connectivity index (χ4n) is 2.38. The van der Waals surface area contributed by atoms with Gasteiger partial charge in [0.1, 0.15) is 11.5 Å². The Morgan fingerprint density at radius 1 is 1.04 bits per heavy atom. The largest absolute Gasteiger partial charge is 0.352 e. The average molecular weight is 352 g/mol. The fourth-order valence-corrected chi connectivity index (χ4v) is 2.38. The molecule has 3 rings (SSSR count). The third-order valence-corrected chi connectivity index (χ3v) is 3.80. The molecule has 6 nitrogen and oxygen atoms in total. The molecule has 0 saturated heterocycles. The van der Waals surface area contributed by atoms with Crippen molar-refractivity contribution in [2.45, 2.75) is 19.4 Å². The molecule has 0 fully saturated rings. The zero-order valence-corrected chi connectivity index (χ0v) is 13.9. The molecule has 7 heteroatoms.